The Morgan fingerprint density at radius 2 is 1.90 bits per heavy atom. The van der Waals surface area contributed by atoms with Crippen LogP contribution in [0.3, 0.4) is 0 Å². The molecule has 3 rings (SSSR count). The summed E-state index contributed by atoms with van der Waals surface area (Å²) in [6.45, 7) is 1.78. The Morgan fingerprint density at radius 1 is 1.21 bits per heavy atom. The first-order valence-corrected chi connectivity index (χ1v) is 11.9. The molecule has 29 heavy (non-hydrogen) atoms. The van der Waals surface area contributed by atoms with E-state index in [1.165, 1.54) is 31.6 Å². The van der Waals surface area contributed by atoms with Crippen molar-refractivity contribution in [2.24, 2.45) is 0 Å². The normalized spacial score (nSPS) is 13.5. The molecule has 1 amide bonds. The summed E-state index contributed by atoms with van der Waals surface area (Å²) >= 11 is 1.41. The van der Waals surface area contributed by atoms with E-state index < -0.39 is 21.9 Å². The number of anilines is 2. The second-order valence-corrected chi connectivity index (χ2v) is 10.2. The maximum absolute atomic E-state index is 12.9. The number of rotatable bonds is 5. The Balaban J connectivity index is 1.95. The Kier molecular flexibility index (Phi) is 6.00. The standard InChI is InChI=1S/C20H24N2O5S2/c1-12-9-10-13(11-15(12)22(2)29(4,25)26)18(23)21-19-17(20(24)27-3)14-7-5-6-8-16(14)28-19/h9-11H,5-8H2,1-4H3,(H,21,23). The van der Waals surface area contributed by atoms with E-state index in [-0.39, 0.29) is 0 Å². The molecule has 1 aliphatic carbocycles. The molecule has 1 aliphatic rings. The third-order valence-corrected chi connectivity index (χ3v) is 7.49. The summed E-state index contributed by atoms with van der Waals surface area (Å²) in [6, 6.07) is 4.87. The van der Waals surface area contributed by atoms with E-state index in [0.717, 1.165) is 52.2 Å². The number of thiophene rings is 1. The van der Waals surface area contributed by atoms with Gasteiger partial charge < -0.3 is 10.1 Å². The number of hydrogen-bond donors (Lipinski definition) is 1. The topological polar surface area (TPSA) is 92.8 Å². The molecule has 156 valence electrons. The molecule has 1 aromatic heterocycles. The van der Waals surface area contributed by atoms with Crippen LogP contribution in [-0.2, 0) is 27.6 Å². The zero-order chi connectivity index (χ0) is 21.3. The van der Waals surface area contributed by atoms with Crippen LogP contribution < -0.4 is 9.62 Å². The zero-order valence-electron chi connectivity index (χ0n) is 16.9. The Bertz CT molecular complexity index is 1070. The van der Waals surface area contributed by atoms with Crippen molar-refractivity contribution in [3.05, 3.63) is 45.3 Å². The number of fused-ring (bicyclic) bond motifs is 1. The quantitative estimate of drug-likeness (QED) is 0.726. The number of carbonyl (C=O) groups is 2. The third kappa shape index (κ3) is 4.30. The highest BCUT2D eigenvalue weighted by Crippen LogP contribution is 2.38. The van der Waals surface area contributed by atoms with Gasteiger partial charge in [0.05, 0.1) is 24.6 Å². The van der Waals surface area contributed by atoms with Gasteiger partial charge in [0.25, 0.3) is 5.91 Å². The first-order chi connectivity index (χ1) is 13.6. The minimum atomic E-state index is -3.46. The van der Waals surface area contributed by atoms with Crippen LogP contribution in [0, 0.1) is 6.92 Å². The van der Waals surface area contributed by atoms with Crippen molar-refractivity contribution >= 4 is 43.9 Å². The lowest BCUT2D eigenvalue weighted by molar-refractivity contribution is 0.0601. The van der Waals surface area contributed by atoms with Gasteiger partial charge in [0.15, 0.2) is 0 Å². The molecular formula is C20H24N2O5S2. The molecule has 1 N–H and O–H groups in total. The van der Waals surface area contributed by atoms with E-state index in [4.69, 9.17) is 4.74 Å². The number of aryl methyl sites for hydroxylation is 2. The molecule has 0 atom stereocenters. The fourth-order valence-corrected chi connectivity index (χ4v) is 5.24. The van der Waals surface area contributed by atoms with Crippen molar-refractivity contribution in [1.29, 1.82) is 0 Å². The van der Waals surface area contributed by atoms with Crippen molar-refractivity contribution in [2.75, 3.05) is 30.0 Å². The largest absolute Gasteiger partial charge is 0.465 e. The van der Waals surface area contributed by atoms with E-state index >= 15 is 0 Å². The number of nitrogens with one attached hydrogen (secondary N) is 1. The molecule has 0 aliphatic heterocycles. The summed E-state index contributed by atoms with van der Waals surface area (Å²) in [4.78, 5) is 26.3. The van der Waals surface area contributed by atoms with Gasteiger partial charge in [0.1, 0.15) is 5.00 Å². The second-order valence-electron chi connectivity index (χ2n) is 7.09. The maximum atomic E-state index is 12.9. The molecule has 0 unspecified atom stereocenters. The minimum absolute atomic E-state index is 0.309. The van der Waals surface area contributed by atoms with Crippen molar-refractivity contribution in [2.45, 2.75) is 32.6 Å². The monoisotopic (exact) mass is 436 g/mol. The minimum Gasteiger partial charge on any atom is -0.465 e. The third-order valence-electron chi connectivity index (χ3n) is 5.10. The van der Waals surface area contributed by atoms with Crippen molar-refractivity contribution in [1.82, 2.24) is 0 Å². The summed E-state index contributed by atoms with van der Waals surface area (Å²) in [5.41, 5.74) is 2.87. The van der Waals surface area contributed by atoms with Crippen LogP contribution in [0.2, 0.25) is 0 Å². The van der Waals surface area contributed by atoms with Gasteiger partial charge in [-0.15, -0.1) is 11.3 Å². The first kappa shape index (κ1) is 21.3. The Hall–Kier alpha value is -2.39. The van der Waals surface area contributed by atoms with E-state index in [1.54, 1.807) is 19.1 Å². The van der Waals surface area contributed by atoms with Crippen molar-refractivity contribution in [3.63, 3.8) is 0 Å². The molecular weight excluding hydrogens is 412 g/mol. The number of amides is 1. The van der Waals surface area contributed by atoms with Gasteiger partial charge in [-0.3, -0.25) is 9.10 Å². The van der Waals surface area contributed by atoms with E-state index in [1.807, 2.05) is 0 Å². The van der Waals surface area contributed by atoms with Gasteiger partial charge in [0, 0.05) is 17.5 Å². The van der Waals surface area contributed by atoms with Crippen molar-refractivity contribution < 1.29 is 22.7 Å². The van der Waals surface area contributed by atoms with Crippen LogP contribution >= 0.6 is 11.3 Å². The van der Waals surface area contributed by atoms with E-state index in [9.17, 15) is 18.0 Å². The van der Waals surface area contributed by atoms with Crippen LogP contribution in [0.25, 0.3) is 0 Å². The number of hydrogen-bond acceptors (Lipinski definition) is 6. The predicted octanol–water partition coefficient (Wildman–Crippen LogP) is 3.37. The number of nitrogens with zero attached hydrogens (tertiary/aromatic N) is 1. The molecule has 0 spiro atoms. The lowest BCUT2D eigenvalue weighted by atomic mass is 9.95. The van der Waals surface area contributed by atoms with Crippen molar-refractivity contribution in [3.8, 4) is 0 Å². The Morgan fingerprint density at radius 3 is 2.55 bits per heavy atom. The molecule has 0 radical (unpaired) electrons. The molecule has 1 aromatic carbocycles. The molecule has 0 bridgehead atoms. The van der Waals surface area contributed by atoms with Crippen LogP contribution in [0.1, 0.15) is 49.6 Å². The highest BCUT2D eigenvalue weighted by Gasteiger charge is 2.27. The number of ether oxygens (including phenoxy) is 1. The number of sulfonamides is 1. The molecule has 9 heteroatoms. The SMILES string of the molecule is COC(=O)c1c(NC(=O)c2ccc(C)c(N(C)S(C)(=O)=O)c2)sc2c1CCCC2. The molecule has 0 fully saturated rings. The Labute approximate surface area is 174 Å². The van der Waals surface area contributed by atoms with Gasteiger partial charge in [-0.05, 0) is 55.9 Å². The zero-order valence-corrected chi connectivity index (χ0v) is 18.5. The second kappa shape index (κ2) is 8.16. The smallest absolute Gasteiger partial charge is 0.341 e. The van der Waals surface area contributed by atoms with Gasteiger partial charge in [0.2, 0.25) is 10.0 Å². The maximum Gasteiger partial charge on any atom is 0.341 e. The summed E-state index contributed by atoms with van der Waals surface area (Å²) in [5, 5.41) is 3.31. The summed E-state index contributed by atoms with van der Waals surface area (Å²) in [7, 11) is -0.687. The van der Waals surface area contributed by atoms with Crippen LogP contribution in [0.4, 0.5) is 10.7 Å². The number of carbonyl (C=O) groups excluding carboxylic acids is 2. The molecule has 1 heterocycles. The summed E-state index contributed by atoms with van der Waals surface area (Å²) in [6.07, 6.45) is 4.84. The lowest BCUT2D eigenvalue weighted by Crippen LogP contribution is -2.26. The molecule has 2 aromatic rings. The lowest BCUT2D eigenvalue weighted by Gasteiger charge is -2.19. The van der Waals surface area contributed by atoms with Gasteiger partial charge >= 0.3 is 5.97 Å². The van der Waals surface area contributed by atoms with Gasteiger partial charge in [-0.2, -0.15) is 0 Å². The molecule has 7 nitrogen and oxygen atoms in total. The van der Waals surface area contributed by atoms with Crippen LogP contribution in [0.15, 0.2) is 18.2 Å². The first-order valence-electron chi connectivity index (χ1n) is 9.22. The highest BCUT2D eigenvalue weighted by atomic mass is 32.2. The van der Waals surface area contributed by atoms with Crippen LogP contribution in [0.5, 0.6) is 0 Å². The van der Waals surface area contributed by atoms with Crippen LogP contribution in [-0.4, -0.2) is 40.7 Å². The highest BCUT2D eigenvalue weighted by molar-refractivity contribution is 7.92. The molecule has 0 saturated carbocycles. The van der Waals surface area contributed by atoms with Gasteiger partial charge in [-0.1, -0.05) is 6.07 Å². The fraction of sp³-hybridized carbons (Fsp3) is 0.400. The summed E-state index contributed by atoms with van der Waals surface area (Å²) < 4.78 is 29.9. The van der Waals surface area contributed by atoms with Gasteiger partial charge in [-0.25, -0.2) is 13.2 Å². The average molecular weight is 437 g/mol. The van der Waals surface area contributed by atoms with E-state index in [0.29, 0.717) is 21.8 Å². The predicted molar refractivity (Wildman–Crippen MR) is 115 cm³/mol. The number of methoxy groups -OCH3 is 1. The average Bonchev–Trinajstić information content (AvgIpc) is 3.04. The molecule has 0 saturated heterocycles. The fourth-order valence-electron chi connectivity index (χ4n) is 3.42. The summed E-state index contributed by atoms with van der Waals surface area (Å²) in [5.74, 6) is -0.863. The number of esters is 1. The van der Waals surface area contributed by atoms with E-state index in [2.05, 4.69) is 5.32 Å². The number of benzene rings is 1.